The quantitative estimate of drug-likeness (QED) is 0.743. The molecule has 0 amide bonds. The summed E-state index contributed by atoms with van der Waals surface area (Å²) in [6.45, 7) is 13.4. The highest BCUT2D eigenvalue weighted by molar-refractivity contribution is 6.31. The lowest BCUT2D eigenvalue weighted by Gasteiger charge is -2.47. The molecule has 0 saturated carbocycles. The summed E-state index contributed by atoms with van der Waals surface area (Å²) in [4.78, 5) is 1.51. The van der Waals surface area contributed by atoms with Gasteiger partial charge < -0.3 is 10.8 Å². The van der Waals surface area contributed by atoms with Gasteiger partial charge in [-0.3, -0.25) is 0 Å². The fraction of sp³-hybridized carbons (Fsp3) is 0.524. The van der Waals surface area contributed by atoms with Crippen LogP contribution in [0.5, 0.6) is 0 Å². The molecule has 0 fully saturated rings. The predicted octanol–water partition coefficient (Wildman–Crippen LogP) is 5.18. The second kappa shape index (κ2) is 6.35. The molecule has 1 aliphatic carbocycles. The van der Waals surface area contributed by atoms with Crippen LogP contribution in [-0.2, 0) is 0 Å². The number of aliphatic hydroxyl groups excluding tert-OH is 1. The summed E-state index contributed by atoms with van der Waals surface area (Å²) in [5.41, 5.74) is 8.65. The molecule has 2 aromatic rings. The second-order valence-electron chi connectivity index (χ2n) is 9.52. The van der Waals surface area contributed by atoms with Gasteiger partial charge in [0.25, 0.3) is 0 Å². The molecule has 1 aromatic heterocycles. The van der Waals surface area contributed by atoms with Gasteiger partial charge in [-0.2, -0.15) is 0 Å². The molecule has 6 heteroatoms. The van der Waals surface area contributed by atoms with Gasteiger partial charge in [-0.05, 0) is 47.1 Å². The highest BCUT2D eigenvalue weighted by Gasteiger charge is 2.46. The SMILES string of the molecule is CC(C)(C)C1=C(O)C(n2nc3ccc(Cl)cc3n2)=CC(CN)(C(C)(C)C)C1. The van der Waals surface area contributed by atoms with Gasteiger partial charge in [0.05, 0.1) is 0 Å². The first kappa shape index (κ1) is 19.9. The van der Waals surface area contributed by atoms with Crippen LogP contribution in [0.3, 0.4) is 0 Å². The first-order chi connectivity index (χ1) is 12.4. The molecule has 1 atom stereocenters. The van der Waals surface area contributed by atoms with E-state index in [1.807, 2.05) is 6.07 Å². The van der Waals surface area contributed by atoms with E-state index in [0.717, 1.165) is 11.1 Å². The van der Waals surface area contributed by atoms with Crippen molar-refractivity contribution in [3.05, 3.63) is 40.6 Å². The van der Waals surface area contributed by atoms with Crippen molar-refractivity contribution >= 4 is 28.3 Å². The van der Waals surface area contributed by atoms with E-state index in [9.17, 15) is 5.11 Å². The van der Waals surface area contributed by atoms with Crippen molar-refractivity contribution in [2.75, 3.05) is 6.54 Å². The Balaban J connectivity index is 2.27. The minimum Gasteiger partial charge on any atom is -0.506 e. The van der Waals surface area contributed by atoms with Crippen LogP contribution >= 0.6 is 11.6 Å². The van der Waals surface area contributed by atoms with Crippen LogP contribution in [0.2, 0.25) is 5.02 Å². The fourth-order valence-corrected chi connectivity index (χ4v) is 3.79. The van der Waals surface area contributed by atoms with Crippen LogP contribution in [0, 0.1) is 16.2 Å². The summed E-state index contributed by atoms with van der Waals surface area (Å²) in [6, 6.07) is 5.39. The van der Waals surface area contributed by atoms with Crippen LogP contribution in [0.15, 0.2) is 35.6 Å². The normalized spacial score (nSPS) is 21.7. The smallest absolute Gasteiger partial charge is 0.142 e. The number of fused-ring (bicyclic) bond motifs is 1. The Labute approximate surface area is 165 Å². The minimum atomic E-state index is -0.311. The Morgan fingerprint density at radius 2 is 1.78 bits per heavy atom. The maximum atomic E-state index is 11.1. The van der Waals surface area contributed by atoms with Crippen LogP contribution < -0.4 is 5.73 Å². The minimum absolute atomic E-state index is 0.0971. The molecular formula is C21H29ClN4O. The van der Waals surface area contributed by atoms with Gasteiger partial charge in [0.2, 0.25) is 0 Å². The number of benzene rings is 1. The monoisotopic (exact) mass is 388 g/mol. The molecule has 1 aliphatic rings. The van der Waals surface area contributed by atoms with Crippen molar-refractivity contribution < 1.29 is 5.11 Å². The fourth-order valence-electron chi connectivity index (χ4n) is 3.62. The summed E-state index contributed by atoms with van der Waals surface area (Å²) in [5, 5.41) is 20.9. The number of aliphatic hydroxyl groups is 1. The topological polar surface area (TPSA) is 77.0 Å². The second-order valence-corrected chi connectivity index (χ2v) is 9.95. The van der Waals surface area contributed by atoms with Crippen molar-refractivity contribution in [3.8, 4) is 0 Å². The van der Waals surface area contributed by atoms with Gasteiger partial charge in [-0.15, -0.1) is 15.0 Å². The van der Waals surface area contributed by atoms with Crippen LogP contribution in [0.25, 0.3) is 16.7 Å². The summed E-state index contributed by atoms with van der Waals surface area (Å²) in [6.07, 6.45) is 2.76. The average Bonchev–Trinajstić information content (AvgIpc) is 2.95. The molecule has 1 unspecified atom stereocenters. The molecule has 0 radical (unpaired) electrons. The Morgan fingerprint density at radius 3 is 2.33 bits per heavy atom. The molecule has 27 heavy (non-hydrogen) atoms. The molecule has 5 nitrogen and oxygen atoms in total. The number of nitrogens with zero attached hydrogens (tertiary/aromatic N) is 3. The zero-order chi connectivity index (χ0) is 20.2. The zero-order valence-corrected chi connectivity index (χ0v) is 17.7. The number of nitrogens with two attached hydrogens (primary N) is 1. The maximum Gasteiger partial charge on any atom is 0.142 e. The molecule has 0 bridgehead atoms. The van der Waals surface area contributed by atoms with E-state index in [1.54, 1.807) is 12.1 Å². The van der Waals surface area contributed by atoms with Gasteiger partial charge in [-0.1, -0.05) is 53.1 Å². The first-order valence-corrected chi connectivity index (χ1v) is 9.65. The number of halogens is 1. The van der Waals surface area contributed by atoms with E-state index < -0.39 is 0 Å². The highest BCUT2D eigenvalue weighted by atomic mass is 35.5. The molecular weight excluding hydrogens is 360 g/mol. The molecule has 3 N–H and O–H groups in total. The lowest BCUT2D eigenvalue weighted by molar-refractivity contribution is 0.139. The Hall–Kier alpha value is -1.85. The summed E-state index contributed by atoms with van der Waals surface area (Å²) >= 11 is 6.09. The Bertz CT molecular complexity index is 943. The molecule has 0 saturated heterocycles. The maximum absolute atomic E-state index is 11.1. The van der Waals surface area contributed by atoms with Gasteiger partial charge in [-0.25, -0.2) is 0 Å². The van der Waals surface area contributed by atoms with Crippen molar-refractivity contribution in [2.45, 2.75) is 48.0 Å². The first-order valence-electron chi connectivity index (χ1n) is 9.27. The predicted molar refractivity (Wildman–Crippen MR) is 111 cm³/mol. The van der Waals surface area contributed by atoms with Gasteiger partial charge >= 0.3 is 0 Å². The van der Waals surface area contributed by atoms with Crippen molar-refractivity contribution in [3.63, 3.8) is 0 Å². The third kappa shape index (κ3) is 3.39. The summed E-state index contributed by atoms with van der Waals surface area (Å²) < 4.78 is 0. The third-order valence-electron chi connectivity index (χ3n) is 5.75. The van der Waals surface area contributed by atoms with Gasteiger partial charge in [0.1, 0.15) is 22.5 Å². The Kier molecular flexibility index (Phi) is 4.68. The van der Waals surface area contributed by atoms with Crippen LogP contribution in [0.4, 0.5) is 0 Å². The van der Waals surface area contributed by atoms with Crippen LogP contribution in [-0.4, -0.2) is 26.6 Å². The number of rotatable bonds is 2. The average molecular weight is 389 g/mol. The van der Waals surface area contributed by atoms with Crippen molar-refractivity contribution in [1.82, 2.24) is 15.0 Å². The zero-order valence-electron chi connectivity index (χ0n) is 17.0. The van der Waals surface area contributed by atoms with E-state index >= 15 is 0 Å². The number of hydrogen-bond acceptors (Lipinski definition) is 4. The van der Waals surface area contributed by atoms with E-state index in [2.05, 4.69) is 57.8 Å². The highest BCUT2D eigenvalue weighted by Crippen LogP contribution is 2.52. The van der Waals surface area contributed by atoms with Gasteiger partial charge in [0, 0.05) is 17.0 Å². The molecule has 1 aromatic carbocycles. The summed E-state index contributed by atoms with van der Waals surface area (Å²) in [7, 11) is 0. The van der Waals surface area contributed by atoms with Gasteiger partial charge in [0.15, 0.2) is 0 Å². The van der Waals surface area contributed by atoms with Crippen molar-refractivity contribution in [1.29, 1.82) is 0 Å². The van der Waals surface area contributed by atoms with E-state index in [0.29, 0.717) is 29.2 Å². The van der Waals surface area contributed by atoms with E-state index in [4.69, 9.17) is 17.3 Å². The summed E-state index contributed by atoms with van der Waals surface area (Å²) in [5.74, 6) is 0.238. The largest absolute Gasteiger partial charge is 0.506 e. The number of allylic oxidation sites excluding steroid dienone is 2. The van der Waals surface area contributed by atoms with E-state index in [-0.39, 0.29) is 22.0 Å². The third-order valence-corrected chi connectivity index (χ3v) is 5.99. The molecule has 3 rings (SSSR count). The van der Waals surface area contributed by atoms with Crippen LogP contribution in [0.1, 0.15) is 48.0 Å². The number of aromatic nitrogens is 3. The molecule has 146 valence electrons. The Morgan fingerprint density at radius 1 is 1.15 bits per heavy atom. The van der Waals surface area contributed by atoms with E-state index in [1.165, 1.54) is 4.80 Å². The molecule has 0 spiro atoms. The lowest BCUT2D eigenvalue weighted by atomic mass is 9.59. The lowest BCUT2D eigenvalue weighted by Crippen LogP contribution is -2.44. The molecule has 1 heterocycles. The molecule has 0 aliphatic heterocycles. The van der Waals surface area contributed by atoms with Crippen molar-refractivity contribution in [2.24, 2.45) is 22.0 Å². The standard InChI is InChI=1S/C21H29ClN4O/c1-19(2,3)14-10-21(12-23,20(4,5)6)11-17(18(14)27)26-24-15-8-7-13(22)9-16(15)25-26/h7-9,11,27H,10,12,23H2,1-6H3. The number of hydrogen-bond donors (Lipinski definition) is 2.